The lowest BCUT2D eigenvalue weighted by molar-refractivity contribution is -0.141. The van der Waals surface area contributed by atoms with Gasteiger partial charge in [0.1, 0.15) is 6.04 Å². The van der Waals surface area contributed by atoms with Crippen molar-refractivity contribution in [3.05, 3.63) is 106 Å². The van der Waals surface area contributed by atoms with Crippen LogP contribution >= 0.6 is 23.2 Å². The van der Waals surface area contributed by atoms with E-state index in [0.29, 0.717) is 22.0 Å². The Labute approximate surface area is 211 Å². The van der Waals surface area contributed by atoms with Gasteiger partial charge in [-0.2, -0.15) is 0 Å². The lowest BCUT2D eigenvalue weighted by atomic mass is 10.0. The number of hydrogen-bond donors (Lipinski definition) is 1. The van der Waals surface area contributed by atoms with Gasteiger partial charge in [0.05, 0.1) is 6.42 Å². The fourth-order valence-electron chi connectivity index (χ4n) is 3.72. The van der Waals surface area contributed by atoms with E-state index in [1.54, 1.807) is 23.1 Å². The predicted octanol–water partition coefficient (Wildman–Crippen LogP) is 6.09. The van der Waals surface area contributed by atoms with Crippen LogP contribution in [0, 0.1) is 0 Å². The number of nitrogens with zero attached hydrogens (tertiary/aromatic N) is 1. The van der Waals surface area contributed by atoms with E-state index in [1.165, 1.54) is 0 Å². The van der Waals surface area contributed by atoms with Crippen LogP contribution in [0.3, 0.4) is 0 Å². The summed E-state index contributed by atoms with van der Waals surface area (Å²) in [6.07, 6.45) is 1.34. The second kappa shape index (κ2) is 12.6. The summed E-state index contributed by atoms with van der Waals surface area (Å²) in [5.74, 6) is -0.356. The highest BCUT2D eigenvalue weighted by molar-refractivity contribution is 6.36. The molecule has 0 saturated carbocycles. The molecular formula is C28H30Cl2N2O2. The van der Waals surface area contributed by atoms with Crippen LogP contribution in [0.25, 0.3) is 0 Å². The molecule has 34 heavy (non-hydrogen) atoms. The number of amides is 2. The van der Waals surface area contributed by atoms with Crippen molar-refractivity contribution in [3.63, 3.8) is 0 Å². The monoisotopic (exact) mass is 496 g/mol. The number of rotatable bonds is 10. The third-order valence-corrected chi connectivity index (χ3v) is 6.57. The topological polar surface area (TPSA) is 49.4 Å². The Bertz CT molecular complexity index is 1070. The van der Waals surface area contributed by atoms with Gasteiger partial charge in [0.25, 0.3) is 0 Å². The Morgan fingerprint density at radius 3 is 1.97 bits per heavy atom. The Morgan fingerprint density at radius 2 is 1.41 bits per heavy atom. The lowest BCUT2D eigenvalue weighted by Gasteiger charge is -2.33. The summed E-state index contributed by atoms with van der Waals surface area (Å²) in [7, 11) is 0. The zero-order valence-corrected chi connectivity index (χ0v) is 21.0. The first kappa shape index (κ1) is 25.8. The Kier molecular flexibility index (Phi) is 9.55. The van der Waals surface area contributed by atoms with Gasteiger partial charge >= 0.3 is 0 Å². The van der Waals surface area contributed by atoms with Gasteiger partial charge in [-0.05, 0) is 36.6 Å². The Morgan fingerprint density at radius 1 is 0.853 bits per heavy atom. The minimum Gasteiger partial charge on any atom is -0.352 e. The molecule has 2 amide bonds. The predicted molar refractivity (Wildman–Crippen MR) is 139 cm³/mol. The maximum atomic E-state index is 13.7. The van der Waals surface area contributed by atoms with Crippen molar-refractivity contribution in [1.82, 2.24) is 10.2 Å². The highest BCUT2D eigenvalue weighted by Crippen LogP contribution is 2.27. The van der Waals surface area contributed by atoms with E-state index in [9.17, 15) is 9.59 Å². The molecule has 2 atom stereocenters. The third kappa shape index (κ3) is 7.09. The molecule has 3 rings (SSSR count). The molecule has 0 aliphatic rings. The molecule has 3 aromatic rings. The van der Waals surface area contributed by atoms with E-state index in [1.807, 2.05) is 74.5 Å². The van der Waals surface area contributed by atoms with E-state index >= 15 is 0 Å². The Balaban J connectivity index is 2.01. The van der Waals surface area contributed by atoms with Crippen LogP contribution in [-0.2, 0) is 29.0 Å². The van der Waals surface area contributed by atoms with Crippen LogP contribution in [0.4, 0.5) is 0 Å². The van der Waals surface area contributed by atoms with Crippen LogP contribution in [0.1, 0.15) is 37.0 Å². The SMILES string of the molecule is CC[C@@H](C)NC(=O)[C@@H](Cc1ccccc1)N(Cc1c(Cl)cccc1Cl)C(=O)Cc1ccccc1. The molecule has 0 aliphatic heterocycles. The number of carbonyl (C=O) groups is 2. The highest BCUT2D eigenvalue weighted by atomic mass is 35.5. The zero-order chi connectivity index (χ0) is 24.5. The Hall–Kier alpha value is -2.82. The normalized spacial score (nSPS) is 12.6. The third-order valence-electron chi connectivity index (χ3n) is 5.86. The number of carbonyl (C=O) groups excluding carboxylic acids is 2. The minimum atomic E-state index is -0.722. The van der Waals surface area contributed by atoms with Crippen LogP contribution in [-0.4, -0.2) is 28.8 Å². The molecule has 3 aromatic carbocycles. The summed E-state index contributed by atoms with van der Waals surface area (Å²) < 4.78 is 0. The van der Waals surface area contributed by atoms with Crippen molar-refractivity contribution in [2.24, 2.45) is 0 Å². The fraction of sp³-hybridized carbons (Fsp3) is 0.286. The number of nitrogens with one attached hydrogen (secondary N) is 1. The number of benzene rings is 3. The molecule has 0 fully saturated rings. The van der Waals surface area contributed by atoms with Crippen molar-refractivity contribution in [1.29, 1.82) is 0 Å². The molecule has 0 radical (unpaired) electrons. The summed E-state index contributed by atoms with van der Waals surface area (Å²) in [6.45, 7) is 4.10. The molecule has 0 heterocycles. The largest absolute Gasteiger partial charge is 0.352 e. The maximum Gasteiger partial charge on any atom is 0.243 e. The summed E-state index contributed by atoms with van der Waals surface area (Å²) in [4.78, 5) is 28.8. The van der Waals surface area contributed by atoms with Crippen LogP contribution in [0.2, 0.25) is 10.0 Å². The fourth-order valence-corrected chi connectivity index (χ4v) is 4.24. The molecule has 0 bridgehead atoms. The van der Waals surface area contributed by atoms with Crippen LogP contribution < -0.4 is 5.32 Å². The van der Waals surface area contributed by atoms with E-state index < -0.39 is 6.04 Å². The summed E-state index contributed by atoms with van der Waals surface area (Å²) in [5.41, 5.74) is 2.47. The zero-order valence-electron chi connectivity index (χ0n) is 19.5. The second-order valence-corrected chi connectivity index (χ2v) is 9.22. The summed E-state index contributed by atoms with van der Waals surface area (Å²) in [5, 5.41) is 3.99. The number of halogens is 2. The van der Waals surface area contributed by atoms with Crippen molar-refractivity contribution in [3.8, 4) is 0 Å². The first-order valence-electron chi connectivity index (χ1n) is 11.5. The average Bonchev–Trinajstić information content (AvgIpc) is 2.84. The average molecular weight is 497 g/mol. The van der Waals surface area contributed by atoms with Gasteiger partial charge < -0.3 is 10.2 Å². The van der Waals surface area contributed by atoms with E-state index in [0.717, 1.165) is 17.5 Å². The molecule has 4 nitrogen and oxygen atoms in total. The van der Waals surface area contributed by atoms with Gasteiger partial charge in [0.15, 0.2) is 0 Å². The van der Waals surface area contributed by atoms with Crippen LogP contribution in [0.15, 0.2) is 78.9 Å². The van der Waals surface area contributed by atoms with Crippen LogP contribution in [0.5, 0.6) is 0 Å². The smallest absolute Gasteiger partial charge is 0.243 e. The molecule has 178 valence electrons. The van der Waals surface area contributed by atoms with Crippen molar-refractivity contribution >= 4 is 35.0 Å². The van der Waals surface area contributed by atoms with E-state index in [4.69, 9.17) is 23.2 Å². The van der Waals surface area contributed by atoms with Gasteiger partial charge in [-0.1, -0.05) is 96.9 Å². The van der Waals surface area contributed by atoms with Gasteiger partial charge in [0.2, 0.25) is 11.8 Å². The molecule has 0 spiro atoms. The first-order valence-corrected chi connectivity index (χ1v) is 12.2. The lowest BCUT2D eigenvalue weighted by Crippen LogP contribution is -2.52. The van der Waals surface area contributed by atoms with E-state index in [2.05, 4.69) is 5.32 Å². The first-order chi connectivity index (χ1) is 16.4. The van der Waals surface area contributed by atoms with Crippen molar-refractivity contribution in [2.75, 3.05) is 0 Å². The maximum absolute atomic E-state index is 13.7. The molecule has 0 unspecified atom stereocenters. The second-order valence-electron chi connectivity index (χ2n) is 8.41. The minimum absolute atomic E-state index is 0.0132. The molecule has 0 saturated heterocycles. The molecular weight excluding hydrogens is 467 g/mol. The van der Waals surface area contributed by atoms with E-state index in [-0.39, 0.29) is 30.8 Å². The van der Waals surface area contributed by atoms with Crippen molar-refractivity contribution < 1.29 is 9.59 Å². The number of hydrogen-bond acceptors (Lipinski definition) is 2. The standard InChI is InChI=1S/C28H30Cl2N2O2/c1-3-20(2)31-28(34)26(17-21-11-6-4-7-12-21)32(19-23-24(29)15-10-16-25(23)30)27(33)18-22-13-8-5-9-14-22/h4-16,20,26H,3,17-19H2,1-2H3,(H,31,34)/t20-,26-/m1/s1. The molecule has 1 N–H and O–H groups in total. The van der Waals surface area contributed by atoms with Gasteiger partial charge in [0, 0.05) is 34.6 Å². The molecule has 0 aromatic heterocycles. The molecule has 0 aliphatic carbocycles. The summed E-state index contributed by atoms with van der Waals surface area (Å²) >= 11 is 12.9. The van der Waals surface area contributed by atoms with Gasteiger partial charge in [-0.15, -0.1) is 0 Å². The summed E-state index contributed by atoms with van der Waals surface area (Å²) in [6, 6.07) is 23.8. The quantitative estimate of drug-likeness (QED) is 0.369. The van der Waals surface area contributed by atoms with Gasteiger partial charge in [-0.3, -0.25) is 9.59 Å². The van der Waals surface area contributed by atoms with Gasteiger partial charge in [-0.25, -0.2) is 0 Å². The highest BCUT2D eigenvalue weighted by Gasteiger charge is 2.31. The van der Waals surface area contributed by atoms with Crippen molar-refractivity contribution in [2.45, 2.75) is 51.7 Å². The molecule has 6 heteroatoms.